The average molecular weight is 536 g/mol. The molecule has 196 valence electrons. The first kappa shape index (κ1) is 23.8. The molecule has 4 heterocycles. The van der Waals surface area contributed by atoms with E-state index in [0.717, 1.165) is 27.6 Å². The Kier molecular flexibility index (Phi) is 4.79. The molecule has 3 aromatic rings. The summed E-state index contributed by atoms with van der Waals surface area (Å²) in [5, 5.41) is 26.2. The highest BCUT2D eigenvalue weighted by Gasteiger charge is 2.49. The van der Waals surface area contributed by atoms with E-state index >= 15 is 0 Å². The Labute approximate surface area is 222 Å². The van der Waals surface area contributed by atoms with Gasteiger partial charge in [-0.1, -0.05) is 18.5 Å². The van der Waals surface area contributed by atoms with Gasteiger partial charge in [0.05, 0.1) is 35.1 Å². The number of rotatable bonds is 3. The molecule has 3 N–H and O–H groups in total. The van der Waals surface area contributed by atoms with Gasteiger partial charge >= 0.3 is 5.97 Å². The van der Waals surface area contributed by atoms with Gasteiger partial charge in [0, 0.05) is 21.5 Å². The second kappa shape index (κ2) is 7.65. The molecule has 2 atom stereocenters. The van der Waals surface area contributed by atoms with Gasteiger partial charge < -0.3 is 24.8 Å². The number of fused-ring (bicyclic) bond motifs is 5. The van der Waals surface area contributed by atoms with Crippen LogP contribution in [0.4, 0.5) is 0 Å². The molecule has 2 aromatic heterocycles. The molecular formula is C28H26ClN3O6. The number of aromatic nitrogens is 2. The lowest BCUT2D eigenvalue weighted by atomic mass is 9.81. The number of pyridine rings is 2. The van der Waals surface area contributed by atoms with E-state index in [-0.39, 0.29) is 48.2 Å². The Balaban J connectivity index is 1.49. The van der Waals surface area contributed by atoms with Crippen LogP contribution in [0.1, 0.15) is 72.0 Å². The fourth-order valence-corrected chi connectivity index (χ4v) is 6.55. The van der Waals surface area contributed by atoms with E-state index in [1.807, 2.05) is 6.92 Å². The number of hydrogen-bond donors (Lipinski definition) is 3. The SMILES string of the molecule is CC[C@@]1(O)C(=O)OCc2c1cc1n(c2=O)Cc2c-1nc1cc(Cl)c(C)c3c1c2[C@@H](NC(=O)C1(O)CC1)CC3. The van der Waals surface area contributed by atoms with Crippen molar-refractivity contribution in [2.75, 3.05) is 0 Å². The van der Waals surface area contributed by atoms with E-state index in [1.165, 1.54) is 0 Å². The molecule has 1 aromatic carbocycles. The first-order valence-corrected chi connectivity index (χ1v) is 13.3. The topological polar surface area (TPSA) is 131 Å². The van der Waals surface area contributed by atoms with Crippen molar-refractivity contribution in [3.05, 3.63) is 60.9 Å². The zero-order valence-corrected chi connectivity index (χ0v) is 21.7. The maximum atomic E-state index is 13.7. The highest BCUT2D eigenvalue weighted by Crippen LogP contribution is 2.47. The number of ether oxygens (including phenoxy) is 1. The monoisotopic (exact) mass is 535 g/mol. The third-order valence-corrected chi connectivity index (χ3v) is 9.22. The van der Waals surface area contributed by atoms with Crippen LogP contribution in [0.5, 0.6) is 0 Å². The van der Waals surface area contributed by atoms with Gasteiger partial charge in [0.25, 0.3) is 11.5 Å². The van der Waals surface area contributed by atoms with Crippen molar-refractivity contribution < 1.29 is 24.5 Å². The second-order valence-electron chi connectivity index (χ2n) is 10.9. The summed E-state index contributed by atoms with van der Waals surface area (Å²) in [6, 6.07) is 3.10. The van der Waals surface area contributed by atoms with E-state index < -0.39 is 17.2 Å². The van der Waals surface area contributed by atoms with Crippen LogP contribution < -0.4 is 10.9 Å². The molecule has 1 amide bonds. The summed E-state index contributed by atoms with van der Waals surface area (Å²) in [6.45, 7) is 3.66. The van der Waals surface area contributed by atoms with E-state index in [4.69, 9.17) is 21.3 Å². The molecule has 0 radical (unpaired) electrons. The molecular weight excluding hydrogens is 510 g/mol. The standard InChI is InChI=1S/C28H26ClN3O6/c1-3-28(37)16-8-20-23-14(10-32(20)24(33)15(16)11-38-26(28)35)22-18(31-25(34)27(36)6-7-27)5-4-13-12(2)17(29)9-19(30-23)21(13)22/h8-9,18,36-37H,3-7,10-11H2,1-2H3,(H,31,34)/t18-,28-/m0/s1. The fourth-order valence-electron chi connectivity index (χ4n) is 6.34. The molecule has 2 aliphatic carbocycles. The molecule has 1 saturated carbocycles. The lowest BCUT2D eigenvalue weighted by Gasteiger charge is -2.31. The normalized spacial score (nSPS) is 23.9. The third-order valence-electron chi connectivity index (χ3n) is 8.83. The number of esters is 1. The van der Waals surface area contributed by atoms with Gasteiger partial charge in [-0.05, 0) is 67.9 Å². The van der Waals surface area contributed by atoms with Crippen LogP contribution in [0, 0.1) is 6.92 Å². The van der Waals surface area contributed by atoms with Crippen LogP contribution >= 0.6 is 11.6 Å². The van der Waals surface area contributed by atoms with E-state index in [2.05, 4.69) is 5.32 Å². The minimum Gasteiger partial charge on any atom is -0.458 e. The summed E-state index contributed by atoms with van der Waals surface area (Å²) in [5.74, 6) is -1.16. The summed E-state index contributed by atoms with van der Waals surface area (Å²) in [6.07, 6.45) is 2.23. The van der Waals surface area contributed by atoms with Gasteiger partial charge in [0.15, 0.2) is 5.60 Å². The number of nitrogens with one attached hydrogen (secondary N) is 1. The number of aryl methyl sites for hydroxylation is 1. The number of hydrogen-bond acceptors (Lipinski definition) is 7. The van der Waals surface area contributed by atoms with Crippen molar-refractivity contribution in [3.8, 4) is 11.4 Å². The summed E-state index contributed by atoms with van der Waals surface area (Å²) in [4.78, 5) is 44.0. The summed E-state index contributed by atoms with van der Waals surface area (Å²) in [7, 11) is 0. The quantitative estimate of drug-likeness (QED) is 0.344. The van der Waals surface area contributed by atoms with Crippen molar-refractivity contribution in [1.82, 2.24) is 14.9 Å². The van der Waals surface area contributed by atoms with Crippen LogP contribution in [0.25, 0.3) is 22.3 Å². The van der Waals surface area contributed by atoms with Crippen molar-refractivity contribution in [3.63, 3.8) is 0 Å². The lowest BCUT2D eigenvalue weighted by molar-refractivity contribution is -0.172. The van der Waals surface area contributed by atoms with Gasteiger partial charge in [0.1, 0.15) is 12.2 Å². The highest BCUT2D eigenvalue weighted by molar-refractivity contribution is 6.32. The molecule has 2 aliphatic heterocycles. The van der Waals surface area contributed by atoms with Gasteiger partial charge in [0.2, 0.25) is 0 Å². The largest absolute Gasteiger partial charge is 0.458 e. The smallest absolute Gasteiger partial charge is 0.343 e. The van der Waals surface area contributed by atoms with Gasteiger partial charge in [-0.25, -0.2) is 9.78 Å². The summed E-state index contributed by atoms with van der Waals surface area (Å²) in [5.41, 5.74) is 2.34. The Hall–Kier alpha value is -3.27. The number of carbonyl (C=O) groups excluding carboxylic acids is 2. The van der Waals surface area contributed by atoms with E-state index in [1.54, 1.807) is 23.6 Å². The van der Waals surface area contributed by atoms with Crippen molar-refractivity contribution in [1.29, 1.82) is 0 Å². The molecule has 9 nitrogen and oxygen atoms in total. The molecule has 7 rings (SSSR count). The third kappa shape index (κ3) is 3.00. The molecule has 0 spiro atoms. The van der Waals surface area contributed by atoms with Crippen LogP contribution in [0.15, 0.2) is 16.9 Å². The Bertz CT molecular complexity index is 1690. The number of aliphatic hydroxyl groups is 2. The number of halogens is 1. The average Bonchev–Trinajstić information content (AvgIpc) is 3.55. The predicted molar refractivity (Wildman–Crippen MR) is 138 cm³/mol. The maximum absolute atomic E-state index is 13.7. The molecule has 0 bridgehead atoms. The number of amides is 1. The number of benzene rings is 1. The number of cyclic esters (lactones) is 1. The zero-order chi connectivity index (χ0) is 26.7. The highest BCUT2D eigenvalue weighted by atomic mass is 35.5. The van der Waals surface area contributed by atoms with Crippen molar-refractivity contribution >= 4 is 34.4 Å². The first-order valence-electron chi connectivity index (χ1n) is 12.9. The maximum Gasteiger partial charge on any atom is 0.343 e. The van der Waals surface area contributed by atoms with Gasteiger partial charge in [-0.2, -0.15) is 0 Å². The van der Waals surface area contributed by atoms with Crippen molar-refractivity contribution in [2.45, 2.75) is 76.3 Å². The first-order chi connectivity index (χ1) is 18.1. The van der Waals surface area contributed by atoms with Gasteiger partial charge in [-0.15, -0.1) is 0 Å². The summed E-state index contributed by atoms with van der Waals surface area (Å²) < 4.78 is 6.78. The summed E-state index contributed by atoms with van der Waals surface area (Å²) >= 11 is 6.60. The second-order valence-corrected chi connectivity index (χ2v) is 11.3. The fraction of sp³-hybridized carbons (Fsp3) is 0.429. The minimum absolute atomic E-state index is 0.0558. The lowest BCUT2D eigenvalue weighted by Crippen LogP contribution is -2.44. The predicted octanol–water partition coefficient (Wildman–Crippen LogP) is 2.67. The molecule has 0 unspecified atom stereocenters. The van der Waals surface area contributed by atoms with Crippen LogP contribution in [-0.4, -0.2) is 37.2 Å². The van der Waals surface area contributed by atoms with E-state index in [9.17, 15) is 24.6 Å². The molecule has 4 aliphatic rings. The minimum atomic E-state index is -1.92. The van der Waals surface area contributed by atoms with Crippen LogP contribution in [0.2, 0.25) is 5.02 Å². The van der Waals surface area contributed by atoms with Gasteiger partial charge in [-0.3, -0.25) is 9.59 Å². The molecule has 1 fully saturated rings. The molecule has 10 heteroatoms. The Morgan fingerprint density at radius 1 is 1.24 bits per heavy atom. The number of carbonyl (C=O) groups is 2. The Morgan fingerprint density at radius 2 is 2.00 bits per heavy atom. The molecule has 38 heavy (non-hydrogen) atoms. The van der Waals surface area contributed by atoms with Crippen molar-refractivity contribution in [2.24, 2.45) is 0 Å². The zero-order valence-electron chi connectivity index (χ0n) is 21.0. The van der Waals surface area contributed by atoms with Crippen LogP contribution in [0.3, 0.4) is 0 Å². The van der Waals surface area contributed by atoms with E-state index in [0.29, 0.717) is 47.6 Å². The molecule has 0 saturated heterocycles. The van der Waals surface area contributed by atoms with Crippen LogP contribution in [-0.2, 0) is 39.5 Å². The number of nitrogens with zero attached hydrogens (tertiary/aromatic N) is 2. The Morgan fingerprint density at radius 3 is 2.71 bits per heavy atom.